The van der Waals surface area contributed by atoms with Crippen LogP contribution in [0.1, 0.15) is 19.0 Å². The number of carbonyl (C=O) groups is 2. The van der Waals surface area contributed by atoms with Crippen LogP contribution in [0.5, 0.6) is 0 Å². The molecule has 2 unspecified atom stereocenters. The molecule has 3 rings (SSSR count). The number of nitrogens with one attached hydrogen (secondary N) is 1. The largest absolute Gasteiger partial charge is 0.481 e. The van der Waals surface area contributed by atoms with E-state index < -0.39 is 11.9 Å². The Hall–Kier alpha value is -2.54. The van der Waals surface area contributed by atoms with Crippen LogP contribution in [-0.2, 0) is 4.79 Å². The third-order valence-electron chi connectivity index (χ3n) is 4.50. The molecule has 1 aliphatic rings. The van der Waals surface area contributed by atoms with Gasteiger partial charge in [0, 0.05) is 24.8 Å². The van der Waals surface area contributed by atoms with Crippen molar-refractivity contribution in [2.75, 3.05) is 18.4 Å². The number of carboxylic acid groups (broad SMARTS) is 1. The first-order chi connectivity index (χ1) is 12.3. The van der Waals surface area contributed by atoms with Crippen molar-refractivity contribution in [1.29, 1.82) is 0 Å². The van der Waals surface area contributed by atoms with Crippen LogP contribution >= 0.6 is 11.6 Å². The number of rotatable bonds is 3. The predicted octanol–water partition coefficient (Wildman–Crippen LogP) is 3.41. The predicted molar refractivity (Wildman–Crippen MR) is 98.8 cm³/mol. The Bertz CT molecular complexity index is 836. The van der Waals surface area contributed by atoms with Gasteiger partial charge in [0.2, 0.25) is 0 Å². The number of piperidine rings is 1. The van der Waals surface area contributed by atoms with E-state index in [9.17, 15) is 14.7 Å². The van der Waals surface area contributed by atoms with Gasteiger partial charge in [-0.2, -0.15) is 0 Å². The van der Waals surface area contributed by atoms with Crippen LogP contribution < -0.4 is 5.32 Å². The second kappa shape index (κ2) is 7.37. The average molecular weight is 377 g/mol. The molecule has 138 valence electrons. The number of aliphatic carboxylic acids is 1. The van der Waals surface area contributed by atoms with Gasteiger partial charge in [0.05, 0.1) is 16.6 Å². The molecule has 2 heterocycles. The number of carbonyl (C=O) groups excluding carboxylic acids is 1. The van der Waals surface area contributed by atoms with Gasteiger partial charge in [0.1, 0.15) is 0 Å². The molecule has 26 heavy (non-hydrogen) atoms. The Morgan fingerprint density at radius 3 is 2.73 bits per heavy atom. The van der Waals surface area contributed by atoms with Gasteiger partial charge in [0.15, 0.2) is 5.82 Å². The lowest BCUT2D eigenvalue weighted by atomic mass is 9.91. The summed E-state index contributed by atoms with van der Waals surface area (Å²) in [6.07, 6.45) is 0.583. The third-order valence-corrected chi connectivity index (χ3v) is 4.82. The van der Waals surface area contributed by atoms with Crippen molar-refractivity contribution in [2.45, 2.75) is 20.3 Å². The maximum atomic E-state index is 12.6. The molecule has 0 spiro atoms. The summed E-state index contributed by atoms with van der Waals surface area (Å²) in [6, 6.07) is 8.73. The minimum atomic E-state index is -0.867. The number of nitrogens with zero attached hydrogens (tertiary/aromatic N) is 3. The standard InChI is InChI=1S/C18H21ClN4O3/c1-11-7-13(17(24)25)10-22(9-11)18(26)20-16-8-12(2)23(21-16)15-6-4-3-5-14(15)19/h3-6,8,11,13H,7,9-10H2,1-2H3,(H,24,25)(H,20,21,26). The van der Waals surface area contributed by atoms with E-state index in [2.05, 4.69) is 10.4 Å². The van der Waals surface area contributed by atoms with Gasteiger partial charge in [0.25, 0.3) is 0 Å². The number of hydrogen-bond donors (Lipinski definition) is 2. The number of aromatic nitrogens is 2. The summed E-state index contributed by atoms with van der Waals surface area (Å²) < 4.78 is 1.66. The Morgan fingerprint density at radius 2 is 2.04 bits per heavy atom. The quantitative estimate of drug-likeness (QED) is 0.859. The summed E-state index contributed by atoms with van der Waals surface area (Å²) in [6.45, 7) is 4.55. The highest BCUT2D eigenvalue weighted by Crippen LogP contribution is 2.24. The van der Waals surface area contributed by atoms with Crippen LogP contribution in [0.15, 0.2) is 30.3 Å². The molecule has 0 bridgehead atoms. The van der Waals surface area contributed by atoms with E-state index in [-0.39, 0.29) is 18.5 Å². The molecule has 1 aromatic heterocycles. The minimum absolute atomic E-state index is 0.137. The highest BCUT2D eigenvalue weighted by molar-refractivity contribution is 6.32. The van der Waals surface area contributed by atoms with E-state index >= 15 is 0 Å². The van der Waals surface area contributed by atoms with Gasteiger partial charge in [-0.3, -0.25) is 10.1 Å². The maximum absolute atomic E-state index is 12.6. The van der Waals surface area contributed by atoms with Gasteiger partial charge in [-0.25, -0.2) is 9.48 Å². The highest BCUT2D eigenvalue weighted by Gasteiger charge is 2.32. The average Bonchev–Trinajstić information content (AvgIpc) is 2.94. The lowest BCUT2D eigenvalue weighted by Gasteiger charge is -2.34. The maximum Gasteiger partial charge on any atom is 0.323 e. The fraction of sp³-hybridized carbons (Fsp3) is 0.389. The first kappa shape index (κ1) is 18.3. The molecule has 1 saturated heterocycles. The molecular formula is C18H21ClN4O3. The summed E-state index contributed by atoms with van der Waals surface area (Å²) in [7, 11) is 0. The van der Waals surface area contributed by atoms with Crippen molar-refractivity contribution >= 4 is 29.4 Å². The number of aryl methyl sites for hydroxylation is 1. The highest BCUT2D eigenvalue weighted by atomic mass is 35.5. The zero-order chi connectivity index (χ0) is 18.8. The van der Waals surface area contributed by atoms with Crippen LogP contribution in [0.3, 0.4) is 0 Å². The van der Waals surface area contributed by atoms with E-state index in [0.29, 0.717) is 23.8 Å². The zero-order valence-electron chi connectivity index (χ0n) is 14.6. The molecule has 2 N–H and O–H groups in total. The molecular weight excluding hydrogens is 356 g/mol. The fourth-order valence-electron chi connectivity index (χ4n) is 3.29. The molecule has 0 aliphatic carbocycles. The van der Waals surface area contributed by atoms with Gasteiger partial charge < -0.3 is 10.0 Å². The minimum Gasteiger partial charge on any atom is -0.481 e. The van der Waals surface area contributed by atoms with Crippen molar-refractivity contribution in [3.05, 3.63) is 41.0 Å². The number of carboxylic acids is 1. The Labute approximate surface area is 156 Å². The first-order valence-corrected chi connectivity index (χ1v) is 8.83. The Kier molecular flexibility index (Phi) is 5.18. The summed E-state index contributed by atoms with van der Waals surface area (Å²) >= 11 is 6.22. The summed E-state index contributed by atoms with van der Waals surface area (Å²) in [5, 5.41) is 17.0. The summed E-state index contributed by atoms with van der Waals surface area (Å²) in [5.74, 6) is -0.865. The number of urea groups is 1. The second-order valence-electron chi connectivity index (χ2n) is 6.75. The van der Waals surface area contributed by atoms with E-state index in [4.69, 9.17) is 11.6 Å². The van der Waals surface area contributed by atoms with Gasteiger partial charge in [-0.05, 0) is 31.4 Å². The molecule has 2 aromatic rings. The van der Waals surface area contributed by atoms with Crippen molar-refractivity contribution in [3.63, 3.8) is 0 Å². The first-order valence-electron chi connectivity index (χ1n) is 8.45. The van der Waals surface area contributed by atoms with E-state index in [1.807, 2.05) is 32.0 Å². The van der Waals surface area contributed by atoms with Crippen molar-refractivity contribution in [1.82, 2.24) is 14.7 Å². The number of hydrogen-bond acceptors (Lipinski definition) is 3. The van der Waals surface area contributed by atoms with Gasteiger partial charge in [-0.15, -0.1) is 5.10 Å². The van der Waals surface area contributed by atoms with Crippen LogP contribution in [0.4, 0.5) is 10.6 Å². The zero-order valence-corrected chi connectivity index (χ0v) is 15.4. The van der Waals surface area contributed by atoms with Crippen LogP contribution in [0.2, 0.25) is 5.02 Å². The number of benzene rings is 1. The molecule has 2 atom stereocenters. The summed E-state index contributed by atoms with van der Waals surface area (Å²) in [4.78, 5) is 25.4. The lowest BCUT2D eigenvalue weighted by Crippen LogP contribution is -2.47. The molecule has 1 aliphatic heterocycles. The van der Waals surface area contributed by atoms with E-state index in [0.717, 1.165) is 11.4 Å². The van der Waals surface area contributed by atoms with Crippen LogP contribution in [0.25, 0.3) is 5.69 Å². The normalized spacial score (nSPS) is 20.0. The third kappa shape index (κ3) is 3.83. The lowest BCUT2D eigenvalue weighted by molar-refractivity contribution is -0.143. The summed E-state index contributed by atoms with van der Waals surface area (Å²) in [5.41, 5.74) is 1.55. The van der Waals surface area contributed by atoms with Gasteiger partial charge in [-0.1, -0.05) is 30.7 Å². The van der Waals surface area contributed by atoms with Crippen LogP contribution in [-0.4, -0.2) is 44.9 Å². The fourth-order valence-corrected chi connectivity index (χ4v) is 3.50. The van der Waals surface area contributed by atoms with Crippen molar-refractivity contribution in [3.8, 4) is 5.69 Å². The van der Waals surface area contributed by atoms with Crippen molar-refractivity contribution in [2.24, 2.45) is 11.8 Å². The molecule has 1 aromatic carbocycles. The van der Waals surface area contributed by atoms with Crippen molar-refractivity contribution < 1.29 is 14.7 Å². The number of para-hydroxylation sites is 1. The Morgan fingerprint density at radius 1 is 1.31 bits per heavy atom. The molecule has 2 amide bonds. The van der Waals surface area contributed by atoms with Gasteiger partial charge >= 0.3 is 12.0 Å². The van der Waals surface area contributed by atoms with E-state index in [1.54, 1.807) is 16.8 Å². The number of anilines is 1. The molecule has 7 nitrogen and oxygen atoms in total. The molecule has 8 heteroatoms. The van der Waals surface area contributed by atoms with E-state index in [1.165, 1.54) is 4.90 Å². The Balaban J connectivity index is 1.75. The topological polar surface area (TPSA) is 87.5 Å². The smallest absolute Gasteiger partial charge is 0.323 e. The number of halogens is 1. The number of likely N-dealkylation sites (tertiary alicyclic amines) is 1. The second-order valence-corrected chi connectivity index (χ2v) is 7.15. The SMILES string of the molecule is Cc1cc(NC(=O)N2CC(C)CC(C(=O)O)C2)nn1-c1ccccc1Cl. The van der Waals surface area contributed by atoms with Crippen LogP contribution in [0, 0.1) is 18.8 Å². The monoisotopic (exact) mass is 376 g/mol. The molecule has 0 saturated carbocycles. The molecule has 1 fully saturated rings. The number of amides is 2. The molecule has 0 radical (unpaired) electrons.